The number of hydrogen-bond donors (Lipinski definition) is 1. The molecule has 80 valence electrons. The van der Waals surface area contributed by atoms with E-state index in [0.717, 1.165) is 5.57 Å². The minimum Gasteiger partial charge on any atom is -0.375 e. The van der Waals surface area contributed by atoms with Crippen molar-refractivity contribution in [2.75, 3.05) is 11.9 Å². The summed E-state index contributed by atoms with van der Waals surface area (Å²) in [5, 5.41) is 13.9. The van der Waals surface area contributed by atoms with E-state index in [1.807, 2.05) is 6.92 Å². The van der Waals surface area contributed by atoms with Gasteiger partial charge in [-0.1, -0.05) is 29.8 Å². The molecule has 0 aliphatic rings. The van der Waals surface area contributed by atoms with Gasteiger partial charge in [0.25, 0.3) is 5.69 Å². The fourth-order valence-electron chi connectivity index (χ4n) is 1.08. The van der Waals surface area contributed by atoms with E-state index in [9.17, 15) is 10.1 Å². The van der Waals surface area contributed by atoms with Crippen LogP contribution in [0.1, 0.15) is 6.92 Å². The van der Waals surface area contributed by atoms with Gasteiger partial charge in [-0.2, -0.15) is 0 Å². The molecular formula is C10H11ClN2O2. The SMILES string of the molecule is C=C(C)CNc1c(Cl)cccc1[N+](=O)[O-]. The predicted octanol–water partition coefficient (Wildman–Crippen LogP) is 3.24. The number of nitrogens with one attached hydrogen (secondary N) is 1. The molecule has 4 nitrogen and oxygen atoms in total. The Labute approximate surface area is 92.7 Å². The van der Waals surface area contributed by atoms with Gasteiger partial charge in [-0.3, -0.25) is 10.1 Å². The molecule has 0 aliphatic carbocycles. The van der Waals surface area contributed by atoms with Crippen LogP contribution in [0.4, 0.5) is 11.4 Å². The van der Waals surface area contributed by atoms with E-state index in [0.29, 0.717) is 17.3 Å². The smallest absolute Gasteiger partial charge is 0.293 e. The molecule has 1 rings (SSSR count). The number of rotatable bonds is 4. The third-order valence-corrected chi connectivity index (χ3v) is 2.07. The lowest BCUT2D eigenvalue weighted by Crippen LogP contribution is -2.05. The van der Waals surface area contributed by atoms with Gasteiger partial charge >= 0.3 is 0 Å². The molecule has 0 unspecified atom stereocenters. The highest BCUT2D eigenvalue weighted by molar-refractivity contribution is 6.33. The second-order valence-corrected chi connectivity index (χ2v) is 3.61. The van der Waals surface area contributed by atoms with Gasteiger partial charge < -0.3 is 5.32 Å². The van der Waals surface area contributed by atoms with Crippen molar-refractivity contribution >= 4 is 23.0 Å². The average Bonchev–Trinajstić information content (AvgIpc) is 2.15. The normalized spacial score (nSPS) is 9.73. The molecule has 1 aromatic rings. The van der Waals surface area contributed by atoms with Crippen molar-refractivity contribution in [3.63, 3.8) is 0 Å². The first-order valence-electron chi connectivity index (χ1n) is 4.33. The van der Waals surface area contributed by atoms with E-state index < -0.39 is 4.92 Å². The van der Waals surface area contributed by atoms with Crippen LogP contribution in [0.25, 0.3) is 0 Å². The first kappa shape index (κ1) is 11.5. The maximum Gasteiger partial charge on any atom is 0.293 e. The van der Waals surface area contributed by atoms with Crippen LogP contribution >= 0.6 is 11.6 Å². The van der Waals surface area contributed by atoms with Gasteiger partial charge in [-0.15, -0.1) is 0 Å². The summed E-state index contributed by atoms with van der Waals surface area (Å²) in [4.78, 5) is 10.2. The third-order valence-electron chi connectivity index (χ3n) is 1.76. The van der Waals surface area contributed by atoms with Crippen LogP contribution in [0.15, 0.2) is 30.4 Å². The molecule has 1 N–H and O–H groups in total. The molecule has 0 saturated heterocycles. The lowest BCUT2D eigenvalue weighted by Gasteiger charge is -2.08. The number of para-hydroxylation sites is 1. The third kappa shape index (κ3) is 2.95. The summed E-state index contributed by atoms with van der Waals surface area (Å²) in [5.74, 6) is 0. The fraction of sp³-hybridized carbons (Fsp3) is 0.200. The highest BCUT2D eigenvalue weighted by Gasteiger charge is 2.15. The number of nitrogens with zero attached hydrogens (tertiary/aromatic N) is 1. The van der Waals surface area contributed by atoms with Crippen LogP contribution in [0.5, 0.6) is 0 Å². The van der Waals surface area contributed by atoms with E-state index >= 15 is 0 Å². The van der Waals surface area contributed by atoms with E-state index in [1.54, 1.807) is 12.1 Å². The number of anilines is 1. The largest absolute Gasteiger partial charge is 0.375 e. The summed E-state index contributed by atoms with van der Waals surface area (Å²) in [6, 6.07) is 4.56. The van der Waals surface area contributed by atoms with Crippen molar-refractivity contribution < 1.29 is 4.92 Å². The van der Waals surface area contributed by atoms with Gasteiger partial charge in [-0.05, 0) is 13.0 Å². The Morgan fingerprint density at radius 3 is 2.87 bits per heavy atom. The number of nitro groups is 1. The maximum atomic E-state index is 10.7. The minimum absolute atomic E-state index is 0.0243. The van der Waals surface area contributed by atoms with Crippen molar-refractivity contribution in [3.8, 4) is 0 Å². The van der Waals surface area contributed by atoms with E-state index in [4.69, 9.17) is 11.6 Å². The molecule has 0 spiro atoms. The van der Waals surface area contributed by atoms with Crippen molar-refractivity contribution in [3.05, 3.63) is 45.5 Å². The van der Waals surface area contributed by atoms with Gasteiger partial charge in [0.2, 0.25) is 0 Å². The topological polar surface area (TPSA) is 55.2 Å². The number of nitro benzene ring substituents is 1. The molecule has 0 heterocycles. The van der Waals surface area contributed by atoms with Crippen molar-refractivity contribution in [2.24, 2.45) is 0 Å². The molecule has 0 radical (unpaired) electrons. The number of hydrogen-bond acceptors (Lipinski definition) is 3. The molecule has 0 atom stereocenters. The Balaban J connectivity index is 3.02. The van der Waals surface area contributed by atoms with Crippen LogP contribution in [-0.4, -0.2) is 11.5 Å². The maximum absolute atomic E-state index is 10.7. The zero-order valence-electron chi connectivity index (χ0n) is 8.29. The Kier molecular flexibility index (Phi) is 3.68. The van der Waals surface area contributed by atoms with Crippen LogP contribution in [-0.2, 0) is 0 Å². The predicted molar refractivity (Wildman–Crippen MR) is 61.4 cm³/mol. The van der Waals surface area contributed by atoms with Crippen molar-refractivity contribution in [1.29, 1.82) is 0 Å². The van der Waals surface area contributed by atoms with Gasteiger partial charge in [-0.25, -0.2) is 0 Å². The first-order valence-corrected chi connectivity index (χ1v) is 4.71. The van der Waals surface area contributed by atoms with E-state index in [2.05, 4.69) is 11.9 Å². The summed E-state index contributed by atoms with van der Waals surface area (Å²) in [5.41, 5.74) is 1.19. The summed E-state index contributed by atoms with van der Waals surface area (Å²) in [6.07, 6.45) is 0. The lowest BCUT2D eigenvalue weighted by molar-refractivity contribution is -0.383. The monoisotopic (exact) mass is 226 g/mol. The second kappa shape index (κ2) is 4.79. The molecule has 0 amide bonds. The van der Waals surface area contributed by atoms with Crippen LogP contribution in [0.2, 0.25) is 5.02 Å². The standard InChI is InChI=1S/C10H11ClN2O2/c1-7(2)6-12-10-8(11)4-3-5-9(10)13(14)15/h3-5,12H,1,6H2,2H3. The second-order valence-electron chi connectivity index (χ2n) is 3.20. The number of benzene rings is 1. The Bertz CT molecular complexity index is 404. The fourth-order valence-corrected chi connectivity index (χ4v) is 1.32. The lowest BCUT2D eigenvalue weighted by atomic mass is 10.2. The quantitative estimate of drug-likeness (QED) is 0.487. The van der Waals surface area contributed by atoms with Gasteiger partial charge in [0, 0.05) is 12.6 Å². The summed E-state index contributed by atoms with van der Waals surface area (Å²) in [7, 11) is 0. The average molecular weight is 227 g/mol. The zero-order valence-corrected chi connectivity index (χ0v) is 9.04. The minimum atomic E-state index is -0.466. The van der Waals surface area contributed by atoms with Crippen molar-refractivity contribution in [1.82, 2.24) is 0 Å². The van der Waals surface area contributed by atoms with Crippen LogP contribution < -0.4 is 5.32 Å². The molecular weight excluding hydrogens is 216 g/mol. The molecule has 0 fully saturated rings. The van der Waals surface area contributed by atoms with E-state index in [1.165, 1.54) is 6.07 Å². The molecule has 0 aliphatic heterocycles. The highest BCUT2D eigenvalue weighted by atomic mass is 35.5. The molecule has 0 aromatic heterocycles. The number of halogens is 1. The summed E-state index contributed by atoms with van der Waals surface area (Å²) < 4.78 is 0. The van der Waals surface area contributed by atoms with E-state index in [-0.39, 0.29) is 5.69 Å². The molecule has 0 bridgehead atoms. The zero-order chi connectivity index (χ0) is 11.4. The molecule has 1 aromatic carbocycles. The van der Waals surface area contributed by atoms with Crippen molar-refractivity contribution in [2.45, 2.75) is 6.92 Å². The Morgan fingerprint density at radius 2 is 2.33 bits per heavy atom. The Hall–Kier alpha value is -1.55. The van der Waals surface area contributed by atoms with Gasteiger partial charge in [0.05, 0.1) is 9.95 Å². The molecule has 0 saturated carbocycles. The molecule has 5 heteroatoms. The van der Waals surface area contributed by atoms with Gasteiger partial charge in [0.1, 0.15) is 5.69 Å². The summed E-state index contributed by atoms with van der Waals surface area (Å²) >= 11 is 5.86. The Morgan fingerprint density at radius 1 is 1.67 bits per heavy atom. The highest BCUT2D eigenvalue weighted by Crippen LogP contribution is 2.31. The van der Waals surface area contributed by atoms with Gasteiger partial charge in [0.15, 0.2) is 0 Å². The van der Waals surface area contributed by atoms with Crippen LogP contribution in [0.3, 0.4) is 0 Å². The first-order chi connectivity index (χ1) is 7.02. The molecule has 15 heavy (non-hydrogen) atoms. The van der Waals surface area contributed by atoms with Crippen LogP contribution in [0, 0.1) is 10.1 Å². The summed E-state index contributed by atoms with van der Waals surface area (Å²) in [6.45, 7) is 5.99.